The Morgan fingerprint density at radius 3 is 2.11 bits per heavy atom. The molecule has 3 aromatic rings. The lowest BCUT2D eigenvalue weighted by Crippen LogP contribution is -2.12. The van der Waals surface area contributed by atoms with Gasteiger partial charge in [-0.2, -0.15) is 0 Å². The third kappa shape index (κ3) is 1.91. The van der Waals surface area contributed by atoms with Crippen LogP contribution in [0.1, 0.15) is 26.3 Å². The van der Waals surface area contributed by atoms with E-state index in [-0.39, 0.29) is 11.2 Å². The minimum Gasteiger partial charge on any atom is -0.506 e. The molecule has 0 saturated carbocycles. The van der Waals surface area contributed by atoms with Gasteiger partial charge in [0, 0.05) is 0 Å². The number of benzene rings is 2. The second kappa shape index (κ2) is 3.92. The fourth-order valence-corrected chi connectivity index (χ4v) is 2.31. The molecule has 3 rings (SSSR count). The molecule has 0 aliphatic heterocycles. The molecule has 0 fully saturated rings. The van der Waals surface area contributed by atoms with Crippen LogP contribution in [0.3, 0.4) is 0 Å². The highest BCUT2D eigenvalue weighted by molar-refractivity contribution is 5.91. The Hall–Kier alpha value is -2.16. The highest BCUT2D eigenvalue weighted by atomic mass is 16.3. The van der Waals surface area contributed by atoms with E-state index in [9.17, 15) is 5.11 Å². The molecule has 0 aliphatic carbocycles. The van der Waals surface area contributed by atoms with E-state index in [0.717, 1.165) is 16.6 Å². The smallest absolute Gasteiger partial charge is 0.143 e. The number of aromatic nitrogens is 2. The van der Waals surface area contributed by atoms with Gasteiger partial charge in [0.25, 0.3) is 0 Å². The number of hydrogen-bond donors (Lipinski definition) is 1. The predicted molar refractivity (Wildman–Crippen MR) is 77.4 cm³/mol. The lowest BCUT2D eigenvalue weighted by molar-refractivity contribution is 0.480. The van der Waals surface area contributed by atoms with Crippen molar-refractivity contribution in [2.24, 2.45) is 0 Å². The highest BCUT2D eigenvalue weighted by Gasteiger charge is 2.18. The summed E-state index contributed by atoms with van der Waals surface area (Å²) in [7, 11) is 0. The van der Waals surface area contributed by atoms with Gasteiger partial charge in [-0.05, 0) is 29.2 Å². The van der Waals surface area contributed by atoms with Gasteiger partial charge in [-0.3, -0.25) is 0 Å². The lowest BCUT2D eigenvalue weighted by Gasteiger charge is -2.20. The second-order valence-electron chi connectivity index (χ2n) is 5.79. The maximum Gasteiger partial charge on any atom is 0.143 e. The van der Waals surface area contributed by atoms with Crippen LogP contribution in [0.4, 0.5) is 0 Å². The molecule has 0 aliphatic rings. The second-order valence-corrected chi connectivity index (χ2v) is 5.79. The van der Waals surface area contributed by atoms with Crippen LogP contribution in [0.15, 0.2) is 36.4 Å². The van der Waals surface area contributed by atoms with E-state index < -0.39 is 0 Å². The van der Waals surface area contributed by atoms with E-state index in [1.54, 1.807) is 12.1 Å². The lowest BCUT2D eigenvalue weighted by atomic mass is 9.86. The number of rotatable bonds is 0. The van der Waals surface area contributed by atoms with Crippen LogP contribution in [0.2, 0.25) is 0 Å². The molecule has 3 nitrogen and oxygen atoms in total. The van der Waals surface area contributed by atoms with E-state index in [1.807, 2.05) is 18.2 Å². The minimum atomic E-state index is 0.0126. The maximum absolute atomic E-state index is 9.86. The van der Waals surface area contributed by atoms with Crippen LogP contribution in [-0.4, -0.2) is 15.1 Å². The molecular weight excluding hydrogens is 236 g/mol. The van der Waals surface area contributed by atoms with E-state index in [2.05, 4.69) is 36.8 Å². The Labute approximate surface area is 111 Å². The van der Waals surface area contributed by atoms with Crippen molar-refractivity contribution in [3.05, 3.63) is 42.0 Å². The Morgan fingerprint density at radius 1 is 0.842 bits per heavy atom. The molecule has 0 atom stereocenters. The van der Waals surface area contributed by atoms with Gasteiger partial charge in [-0.25, -0.2) is 9.97 Å². The van der Waals surface area contributed by atoms with Crippen molar-refractivity contribution in [1.82, 2.24) is 9.97 Å². The summed E-state index contributed by atoms with van der Waals surface area (Å²) in [4.78, 5) is 9.22. The van der Waals surface area contributed by atoms with Crippen LogP contribution < -0.4 is 0 Å². The number of para-hydroxylation sites is 2. The molecule has 0 unspecified atom stereocenters. The summed E-state index contributed by atoms with van der Waals surface area (Å²) in [6, 6.07) is 11.3. The molecule has 0 amide bonds. The van der Waals surface area contributed by atoms with Crippen LogP contribution >= 0.6 is 0 Å². The normalized spacial score (nSPS) is 12.2. The first-order valence-corrected chi connectivity index (χ1v) is 6.36. The Kier molecular flexibility index (Phi) is 2.45. The quantitative estimate of drug-likeness (QED) is 0.619. The molecule has 2 aromatic carbocycles. The summed E-state index contributed by atoms with van der Waals surface area (Å²) in [5.41, 5.74) is 4.20. The number of nitrogens with zero attached hydrogens (tertiary/aromatic N) is 2. The molecule has 1 N–H and O–H groups in total. The molecule has 0 bridgehead atoms. The Balaban J connectivity index is 2.45. The van der Waals surface area contributed by atoms with Gasteiger partial charge in [0.2, 0.25) is 0 Å². The highest BCUT2D eigenvalue weighted by Crippen LogP contribution is 2.30. The molecule has 1 heterocycles. The van der Waals surface area contributed by atoms with Crippen molar-refractivity contribution in [2.45, 2.75) is 26.2 Å². The van der Waals surface area contributed by atoms with Crippen molar-refractivity contribution in [2.75, 3.05) is 0 Å². The zero-order valence-electron chi connectivity index (χ0n) is 11.3. The first-order valence-electron chi connectivity index (χ1n) is 6.36. The van der Waals surface area contributed by atoms with E-state index in [4.69, 9.17) is 0 Å². The summed E-state index contributed by atoms with van der Waals surface area (Å²) in [6.07, 6.45) is 0. The Morgan fingerprint density at radius 2 is 1.42 bits per heavy atom. The van der Waals surface area contributed by atoms with Gasteiger partial charge in [0.15, 0.2) is 0 Å². The van der Waals surface area contributed by atoms with Crippen molar-refractivity contribution in [3.63, 3.8) is 0 Å². The monoisotopic (exact) mass is 252 g/mol. The molecule has 0 spiro atoms. The van der Waals surface area contributed by atoms with E-state index in [0.29, 0.717) is 5.52 Å². The third-order valence-corrected chi connectivity index (χ3v) is 3.28. The standard InChI is InChI=1S/C16H16N2O/c1-16(2,3)10-6-4-7-11-14(10)17-12-8-5-9-13(19)15(12)18-11/h4-9,19H,1-3H3. The number of fused-ring (bicyclic) bond motifs is 2. The number of aromatic hydroxyl groups is 1. The largest absolute Gasteiger partial charge is 0.506 e. The third-order valence-electron chi connectivity index (χ3n) is 3.28. The van der Waals surface area contributed by atoms with E-state index in [1.165, 1.54) is 5.56 Å². The average Bonchev–Trinajstić information content (AvgIpc) is 2.35. The number of phenols is 1. The summed E-state index contributed by atoms with van der Waals surface area (Å²) < 4.78 is 0. The van der Waals surface area contributed by atoms with Gasteiger partial charge in [0.1, 0.15) is 11.3 Å². The zero-order valence-corrected chi connectivity index (χ0v) is 11.3. The first kappa shape index (κ1) is 11.9. The molecular formula is C16H16N2O. The summed E-state index contributed by atoms with van der Waals surface area (Å²) in [6.45, 7) is 6.49. The Bertz CT molecular complexity index is 773. The maximum atomic E-state index is 9.86. The van der Waals surface area contributed by atoms with Gasteiger partial charge in [0.05, 0.1) is 16.6 Å². The van der Waals surface area contributed by atoms with Gasteiger partial charge >= 0.3 is 0 Å². The van der Waals surface area contributed by atoms with Crippen LogP contribution in [0.5, 0.6) is 5.75 Å². The van der Waals surface area contributed by atoms with Crippen molar-refractivity contribution in [3.8, 4) is 5.75 Å². The summed E-state index contributed by atoms with van der Waals surface area (Å²) in [5.74, 6) is 0.174. The van der Waals surface area contributed by atoms with Crippen LogP contribution in [0.25, 0.3) is 22.1 Å². The van der Waals surface area contributed by atoms with Crippen molar-refractivity contribution >= 4 is 22.1 Å². The van der Waals surface area contributed by atoms with Gasteiger partial charge in [-0.1, -0.05) is 39.0 Å². The molecule has 1 aromatic heterocycles. The summed E-state index contributed by atoms with van der Waals surface area (Å²) >= 11 is 0. The molecule has 0 radical (unpaired) electrons. The van der Waals surface area contributed by atoms with Crippen molar-refractivity contribution < 1.29 is 5.11 Å². The topological polar surface area (TPSA) is 46.0 Å². The molecule has 19 heavy (non-hydrogen) atoms. The molecule has 0 saturated heterocycles. The molecule has 96 valence electrons. The SMILES string of the molecule is CC(C)(C)c1cccc2nc3c(O)cccc3nc12. The summed E-state index contributed by atoms with van der Waals surface area (Å²) in [5, 5.41) is 9.86. The van der Waals surface area contributed by atoms with Gasteiger partial charge < -0.3 is 5.11 Å². The molecule has 3 heteroatoms. The number of hydrogen-bond acceptors (Lipinski definition) is 3. The fourth-order valence-electron chi connectivity index (χ4n) is 2.31. The zero-order chi connectivity index (χ0) is 13.6. The average molecular weight is 252 g/mol. The number of phenolic OH excluding ortho intramolecular Hbond substituents is 1. The van der Waals surface area contributed by atoms with Crippen molar-refractivity contribution in [1.29, 1.82) is 0 Å². The van der Waals surface area contributed by atoms with Crippen LogP contribution in [-0.2, 0) is 5.41 Å². The van der Waals surface area contributed by atoms with Gasteiger partial charge in [-0.15, -0.1) is 0 Å². The fraction of sp³-hybridized carbons (Fsp3) is 0.250. The minimum absolute atomic E-state index is 0.0126. The van der Waals surface area contributed by atoms with E-state index >= 15 is 0 Å². The first-order chi connectivity index (χ1) is 8.97. The predicted octanol–water partition coefficient (Wildman–Crippen LogP) is 3.79. The van der Waals surface area contributed by atoms with Crippen LogP contribution in [0, 0.1) is 0 Å².